The molecule has 2 rings (SSSR count). The molecule has 0 atom stereocenters. The van der Waals surface area contributed by atoms with Gasteiger partial charge in [0.15, 0.2) is 0 Å². The summed E-state index contributed by atoms with van der Waals surface area (Å²) in [6.07, 6.45) is 1.38. The maximum absolute atomic E-state index is 11.9. The normalized spacial score (nSPS) is 11.3. The van der Waals surface area contributed by atoms with Crippen molar-refractivity contribution in [3.63, 3.8) is 0 Å². The number of thiophene rings is 1. The molecule has 0 spiro atoms. The zero-order valence-electron chi connectivity index (χ0n) is 12.1. The van der Waals surface area contributed by atoms with Crippen LogP contribution in [0.4, 0.5) is 0 Å². The van der Waals surface area contributed by atoms with Crippen molar-refractivity contribution in [2.75, 3.05) is 6.54 Å². The molecule has 2 nitrogen and oxygen atoms in total. The Morgan fingerprint density at radius 2 is 1.95 bits per heavy atom. The average Bonchev–Trinajstić information content (AvgIpc) is 2.97. The molecule has 106 valence electrons. The van der Waals surface area contributed by atoms with E-state index in [4.69, 9.17) is 0 Å². The van der Waals surface area contributed by atoms with E-state index in [1.807, 2.05) is 23.6 Å². The summed E-state index contributed by atoms with van der Waals surface area (Å²) in [6.45, 7) is 4.97. The molecule has 0 saturated carbocycles. The van der Waals surface area contributed by atoms with E-state index in [1.165, 1.54) is 11.1 Å². The zero-order valence-corrected chi connectivity index (χ0v) is 12.9. The van der Waals surface area contributed by atoms with Crippen LogP contribution >= 0.6 is 11.3 Å². The van der Waals surface area contributed by atoms with Gasteiger partial charge in [-0.15, -0.1) is 0 Å². The van der Waals surface area contributed by atoms with Gasteiger partial charge in [0.2, 0.25) is 5.91 Å². The molecule has 0 radical (unpaired) electrons. The smallest absolute Gasteiger partial charge is 0.220 e. The van der Waals surface area contributed by atoms with E-state index in [9.17, 15) is 4.79 Å². The maximum Gasteiger partial charge on any atom is 0.220 e. The van der Waals surface area contributed by atoms with Crippen molar-refractivity contribution < 1.29 is 4.79 Å². The molecule has 1 N–H and O–H groups in total. The second kappa shape index (κ2) is 6.71. The van der Waals surface area contributed by atoms with E-state index < -0.39 is 0 Å². The number of rotatable bonds is 6. The number of hydrogen-bond acceptors (Lipinski definition) is 2. The number of carbonyl (C=O) groups excluding carboxylic acids is 1. The summed E-state index contributed by atoms with van der Waals surface area (Å²) in [5, 5.41) is 7.19. The molecule has 0 bridgehead atoms. The lowest BCUT2D eigenvalue weighted by Gasteiger charge is -2.25. The molecular weight excluding hydrogens is 266 g/mol. The molecule has 1 amide bonds. The van der Waals surface area contributed by atoms with Crippen LogP contribution in [0, 0.1) is 0 Å². The third-order valence-corrected chi connectivity index (χ3v) is 4.24. The lowest BCUT2D eigenvalue weighted by atomic mass is 9.84. The summed E-state index contributed by atoms with van der Waals surface area (Å²) in [6, 6.07) is 12.4. The molecule has 0 unspecified atom stereocenters. The number of benzene rings is 1. The molecule has 0 aliphatic heterocycles. The predicted molar refractivity (Wildman–Crippen MR) is 85.1 cm³/mol. The first-order valence-corrected chi connectivity index (χ1v) is 7.85. The van der Waals surface area contributed by atoms with Crippen molar-refractivity contribution in [1.82, 2.24) is 5.32 Å². The standard InChI is InChI=1S/C17H21NOS/c1-17(2,15-6-4-3-5-7-15)13-18-16(19)9-8-14-10-11-20-12-14/h3-7,10-12H,8-9,13H2,1-2H3,(H,18,19). The minimum absolute atomic E-state index is 0.0424. The lowest BCUT2D eigenvalue weighted by Crippen LogP contribution is -2.36. The predicted octanol–water partition coefficient (Wildman–Crippen LogP) is 3.77. The van der Waals surface area contributed by atoms with Gasteiger partial charge in [-0.3, -0.25) is 4.79 Å². The molecule has 20 heavy (non-hydrogen) atoms. The van der Waals surface area contributed by atoms with Crippen LogP contribution in [0.15, 0.2) is 47.2 Å². The zero-order chi connectivity index (χ0) is 14.4. The van der Waals surface area contributed by atoms with E-state index >= 15 is 0 Å². The fourth-order valence-corrected chi connectivity index (χ4v) is 2.80. The minimum Gasteiger partial charge on any atom is -0.355 e. The molecule has 3 heteroatoms. The summed E-state index contributed by atoms with van der Waals surface area (Å²) in [5.41, 5.74) is 2.45. The molecule has 1 heterocycles. The molecule has 0 fully saturated rings. The van der Waals surface area contributed by atoms with Crippen LogP contribution in [0.2, 0.25) is 0 Å². The fourth-order valence-electron chi connectivity index (χ4n) is 2.09. The topological polar surface area (TPSA) is 29.1 Å². The number of hydrogen-bond donors (Lipinski definition) is 1. The Morgan fingerprint density at radius 3 is 2.60 bits per heavy atom. The Balaban J connectivity index is 1.80. The Kier molecular flexibility index (Phi) is 4.96. The van der Waals surface area contributed by atoms with Gasteiger partial charge >= 0.3 is 0 Å². The Hall–Kier alpha value is -1.61. The van der Waals surface area contributed by atoms with Crippen molar-refractivity contribution in [2.45, 2.75) is 32.1 Å². The van der Waals surface area contributed by atoms with Crippen molar-refractivity contribution >= 4 is 17.2 Å². The van der Waals surface area contributed by atoms with Crippen molar-refractivity contribution in [3.05, 3.63) is 58.3 Å². The molecule has 0 aliphatic carbocycles. The van der Waals surface area contributed by atoms with E-state index in [0.717, 1.165) is 6.42 Å². The van der Waals surface area contributed by atoms with Gasteiger partial charge in [-0.05, 0) is 34.4 Å². The SMILES string of the molecule is CC(C)(CNC(=O)CCc1ccsc1)c1ccccc1. The van der Waals surface area contributed by atoms with Crippen LogP contribution in [0.3, 0.4) is 0 Å². The first-order chi connectivity index (χ1) is 9.58. The van der Waals surface area contributed by atoms with Crippen LogP contribution in [0.25, 0.3) is 0 Å². The van der Waals surface area contributed by atoms with Crippen molar-refractivity contribution in [3.8, 4) is 0 Å². The summed E-state index contributed by atoms with van der Waals surface area (Å²) < 4.78 is 0. The number of aryl methyl sites for hydroxylation is 1. The number of nitrogens with one attached hydrogen (secondary N) is 1. The Bertz CT molecular complexity index is 531. The molecule has 1 aromatic heterocycles. The summed E-state index contributed by atoms with van der Waals surface area (Å²) >= 11 is 1.67. The van der Waals surface area contributed by atoms with Gasteiger partial charge < -0.3 is 5.32 Å². The highest BCUT2D eigenvalue weighted by Gasteiger charge is 2.20. The minimum atomic E-state index is -0.0424. The second-order valence-corrected chi connectivity index (χ2v) is 6.44. The fraction of sp³-hybridized carbons (Fsp3) is 0.353. The Morgan fingerprint density at radius 1 is 1.20 bits per heavy atom. The van der Waals surface area contributed by atoms with Gasteiger partial charge in [-0.2, -0.15) is 11.3 Å². The lowest BCUT2D eigenvalue weighted by molar-refractivity contribution is -0.121. The third-order valence-electron chi connectivity index (χ3n) is 3.50. The highest BCUT2D eigenvalue weighted by atomic mass is 32.1. The van der Waals surface area contributed by atoms with E-state index in [0.29, 0.717) is 13.0 Å². The summed E-state index contributed by atoms with van der Waals surface area (Å²) in [5.74, 6) is 0.125. The van der Waals surface area contributed by atoms with Gasteiger partial charge in [0.1, 0.15) is 0 Å². The van der Waals surface area contributed by atoms with Gasteiger partial charge in [0.25, 0.3) is 0 Å². The van der Waals surface area contributed by atoms with Crippen molar-refractivity contribution in [2.24, 2.45) is 0 Å². The molecule has 2 aromatic rings. The third kappa shape index (κ3) is 4.20. The maximum atomic E-state index is 11.9. The number of amides is 1. The first kappa shape index (κ1) is 14.8. The summed E-state index contributed by atoms with van der Waals surface area (Å²) in [4.78, 5) is 11.9. The molecule has 0 aliphatic rings. The van der Waals surface area contributed by atoms with Gasteiger partial charge in [-0.1, -0.05) is 44.2 Å². The number of carbonyl (C=O) groups is 1. The van der Waals surface area contributed by atoms with Crippen LogP contribution in [0.5, 0.6) is 0 Å². The first-order valence-electron chi connectivity index (χ1n) is 6.91. The molecule has 0 saturated heterocycles. The van der Waals surface area contributed by atoms with Gasteiger partial charge in [-0.25, -0.2) is 0 Å². The average molecular weight is 287 g/mol. The van der Waals surface area contributed by atoms with Gasteiger partial charge in [0, 0.05) is 18.4 Å². The second-order valence-electron chi connectivity index (χ2n) is 5.66. The van der Waals surface area contributed by atoms with Crippen LogP contribution < -0.4 is 5.32 Å². The molecule has 1 aromatic carbocycles. The summed E-state index contributed by atoms with van der Waals surface area (Å²) in [7, 11) is 0. The highest BCUT2D eigenvalue weighted by molar-refractivity contribution is 7.07. The van der Waals surface area contributed by atoms with Crippen molar-refractivity contribution in [1.29, 1.82) is 0 Å². The van der Waals surface area contributed by atoms with Crippen LogP contribution in [0.1, 0.15) is 31.4 Å². The van der Waals surface area contributed by atoms with E-state index in [1.54, 1.807) is 11.3 Å². The highest BCUT2D eigenvalue weighted by Crippen LogP contribution is 2.21. The van der Waals surface area contributed by atoms with Gasteiger partial charge in [0.05, 0.1) is 0 Å². The Labute approximate surface area is 124 Å². The largest absolute Gasteiger partial charge is 0.355 e. The van der Waals surface area contributed by atoms with E-state index in [-0.39, 0.29) is 11.3 Å². The quantitative estimate of drug-likeness (QED) is 0.861. The monoisotopic (exact) mass is 287 g/mol. The van der Waals surface area contributed by atoms with E-state index in [2.05, 4.69) is 42.7 Å². The molecular formula is C17H21NOS. The van der Waals surface area contributed by atoms with Crippen LogP contribution in [-0.4, -0.2) is 12.5 Å². The van der Waals surface area contributed by atoms with Crippen LogP contribution in [-0.2, 0) is 16.6 Å².